The van der Waals surface area contributed by atoms with Gasteiger partial charge in [-0.3, -0.25) is 0 Å². The van der Waals surface area contributed by atoms with Gasteiger partial charge in [0.1, 0.15) is 5.75 Å². The highest BCUT2D eigenvalue weighted by Gasteiger charge is 2.22. The Morgan fingerprint density at radius 3 is 2.67 bits per heavy atom. The van der Waals surface area contributed by atoms with Gasteiger partial charge in [0.05, 0.1) is 28.9 Å². The molecule has 2 aromatic carbocycles. The SMILES string of the molecule is COc1ccc(Cl)cc1-c1[nH]c2c(Cl)ccc(C(=O)O)c2c1CCCCN. The molecule has 27 heavy (non-hydrogen) atoms. The van der Waals surface area contributed by atoms with Crippen LogP contribution in [0.5, 0.6) is 5.75 Å². The number of carboxylic acids is 1. The molecule has 1 heterocycles. The molecule has 7 heteroatoms. The summed E-state index contributed by atoms with van der Waals surface area (Å²) in [6.45, 7) is 0.574. The van der Waals surface area contributed by atoms with E-state index >= 15 is 0 Å². The van der Waals surface area contributed by atoms with Crippen LogP contribution in [0.1, 0.15) is 28.8 Å². The van der Waals surface area contributed by atoms with Gasteiger partial charge in [0.2, 0.25) is 0 Å². The van der Waals surface area contributed by atoms with E-state index in [1.807, 2.05) is 0 Å². The Balaban J connectivity index is 2.33. The Hall–Kier alpha value is -2.21. The third-order valence-corrected chi connectivity index (χ3v) is 5.10. The molecule has 0 amide bonds. The molecule has 0 atom stereocenters. The fraction of sp³-hybridized carbons (Fsp3) is 0.250. The van der Waals surface area contributed by atoms with Crippen molar-refractivity contribution in [3.63, 3.8) is 0 Å². The number of carboxylic acid groups (broad SMARTS) is 1. The quantitative estimate of drug-likeness (QED) is 0.474. The van der Waals surface area contributed by atoms with Gasteiger partial charge in [-0.1, -0.05) is 23.2 Å². The van der Waals surface area contributed by atoms with Crippen molar-refractivity contribution >= 4 is 40.1 Å². The lowest BCUT2D eigenvalue weighted by atomic mass is 9.97. The summed E-state index contributed by atoms with van der Waals surface area (Å²) in [4.78, 5) is 15.1. The lowest BCUT2D eigenvalue weighted by Crippen LogP contribution is -2.01. The van der Waals surface area contributed by atoms with Crippen molar-refractivity contribution in [3.8, 4) is 17.0 Å². The highest BCUT2D eigenvalue weighted by molar-refractivity contribution is 6.36. The van der Waals surface area contributed by atoms with Crippen LogP contribution in [-0.4, -0.2) is 29.7 Å². The van der Waals surface area contributed by atoms with E-state index in [0.29, 0.717) is 39.7 Å². The summed E-state index contributed by atoms with van der Waals surface area (Å²) in [5.41, 5.74) is 8.84. The molecule has 0 saturated heterocycles. The average Bonchev–Trinajstić information content (AvgIpc) is 3.02. The minimum absolute atomic E-state index is 0.209. The van der Waals surface area contributed by atoms with Gasteiger partial charge in [0, 0.05) is 16.0 Å². The molecule has 4 N–H and O–H groups in total. The third kappa shape index (κ3) is 3.76. The monoisotopic (exact) mass is 406 g/mol. The van der Waals surface area contributed by atoms with E-state index in [4.69, 9.17) is 33.7 Å². The zero-order valence-corrected chi connectivity index (χ0v) is 16.3. The molecule has 0 spiro atoms. The number of benzene rings is 2. The molecule has 3 aromatic rings. The highest BCUT2D eigenvalue weighted by Crippen LogP contribution is 2.40. The second-order valence-corrected chi connectivity index (χ2v) is 7.06. The molecule has 142 valence electrons. The molecular weight excluding hydrogens is 387 g/mol. The number of H-pyrrole nitrogens is 1. The van der Waals surface area contributed by atoms with Crippen LogP contribution < -0.4 is 10.5 Å². The number of hydrogen-bond acceptors (Lipinski definition) is 3. The Morgan fingerprint density at radius 2 is 2.00 bits per heavy atom. The number of nitrogens with one attached hydrogen (secondary N) is 1. The molecule has 0 aliphatic heterocycles. The number of nitrogens with two attached hydrogens (primary N) is 1. The standard InChI is InChI=1S/C20H20Cl2N2O3/c1-27-16-8-5-11(21)10-14(16)18-12(4-2-3-9-23)17-13(20(25)26)6-7-15(22)19(17)24-18/h5-8,10,24H,2-4,9,23H2,1H3,(H,25,26). The average molecular weight is 407 g/mol. The van der Waals surface area contributed by atoms with Crippen molar-refractivity contribution in [2.24, 2.45) is 5.73 Å². The van der Waals surface area contributed by atoms with Crippen LogP contribution in [0.15, 0.2) is 30.3 Å². The number of halogens is 2. The minimum Gasteiger partial charge on any atom is -0.496 e. The maximum atomic E-state index is 11.8. The van der Waals surface area contributed by atoms with E-state index in [1.54, 1.807) is 31.4 Å². The summed E-state index contributed by atoms with van der Waals surface area (Å²) in [7, 11) is 1.58. The van der Waals surface area contributed by atoms with Crippen molar-refractivity contribution in [3.05, 3.63) is 51.5 Å². The molecule has 0 aliphatic carbocycles. The number of rotatable bonds is 7. The molecule has 0 radical (unpaired) electrons. The zero-order chi connectivity index (χ0) is 19.6. The first-order valence-electron chi connectivity index (χ1n) is 8.58. The van der Waals surface area contributed by atoms with Crippen molar-refractivity contribution in [2.45, 2.75) is 19.3 Å². The topological polar surface area (TPSA) is 88.3 Å². The molecule has 1 aromatic heterocycles. The highest BCUT2D eigenvalue weighted by atomic mass is 35.5. The van der Waals surface area contributed by atoms with Crippen LogP contribution >= 0.6 is 23.2 Å². The lowest BCUT2D eigenvalue weighted by molar-refractivity contribution is 0.0699. The Bertz CT molecular complexity index is 999. The lowest BCUT2D eigenvalue weighted by Gasteiger charge is -2.11. The number of fused-ring (bicyclic) bond motifs is 1. The maximum absolute atomic E-state index is 11.8. The fourth-order valence-corrected chi connectivity index (χ4v) is 3.69. The summed E-state index contributed by atoms with van der Waals surface area (Å²) in [6, 6.07) is 8.45. The summed E-state index contributed by atoms with van der Waals surface area (Å²) in [5.74, 6) is -0.362. The number of aromatic carboxylic acids is 1. The van der Waals surface area contributed by atoms with E-state index in [2.05, 4.69) is 4.98 Å². The minimum atomic E-state index is -1.000. The van der Waals surface area contributed by atoms with Crippen LogP contribution in [0.4, 0.5) is 0 Å². The molecule has 0 aliphatic rings. The normalized spacial score (nSPS) is 11.1. The summed E-state index contributed by atoms with van der Waals surface area (Å²) < 4.78 is 5.49. The van der Waals surface area contributed by atoms with Gasteiger partial charge in [-0.2, -0.15) is 0 Å². The van der Waals surface area contributed by atoms with Gasteiger partial charge in [-0.15, -0.1) is 0 Å². The first kappa shape index (κ1) is 19.5. The van der Waals surface area contributed by atoms with Crippen LogP contribution in [0.25, 0.3) is 22.2 Å². The van der Waals surface area contributed by atoms with Crippen molar-refractivity contribution in [1.29, 1.82) is 0 Å². The second kappa shape index (κ2) is 8.21. The number of ether oxygens (including phenoxy) is 1. The number of hydrogen-bond donors (Lipinski definition) is 3. The van der Waals surface area contributed by atoms with Gasteiger partial charge in [-0.05, 0) is 61.7 Å². The molecule has 3 rings (SSSR count). The molecule has 0 fully saturated rings. The van der Waals surface area contributed by atoms with Crippen LogP contribution in [-0.2, 0) is 6.42 Å². The smallest absolute Gasteiger partial charge is 0.336 e. The largest absolute Gasteiger partial charge is 0.496 e. The first-order valence-corrected chi connectivity index (χ1v) is 9.33. The first-order chi connectivity index (χ1) is 13.0. The van der Waals surface area contributed by atoms with Crippen molar-refractivity contribution < 1.29 is 14.6 Å². The van der Waals surface area contributed by atoms with E-state index in [0.717, 1.165) is 29.7 Å². The van der Waals surface area contributed by atoms with E-state index in [-0.39, 0.29) is 5.56 Å². The van der Waals surface area contributed by atoms with Crippen LogP contribution in [0.2, 0.25) is 10.0 Å². The Morgan fingerprint density at radius 1 is 1.22 bits per heavy atom. The van der Waals surface area contributed by atoms with Gasteiger partial charge >= 0.3 is 5.97 Å². The summed E-state index contributed by atoms with van der Waals surface area (Å²) in [5, 5.41) is 11.3. The van der Waals surface area contributed by atoms with Gasteiger partial charge in [-0.25, -0.2) is 4.79 Å². The van der Waals surface area contributed by atoms with Crippen LogP contribution in [0, 0.1) is 0 Å². The Labute approximate surface area is 167 Å². The number of aromatic nitrogens is 1. The third-order valence-electron chi connectivity index (χ3n) is 4.55. The van der Waals surface area contributed by atoms with E-state index in [1.165, 1.54) is 6.07 Å². The number of aromatic amines is 1. The number of unbranched alkanes of at least 4 members (excludes halogenated alkanes) is 1. The molecule has 0 saturated carbocycles. The van der Waals surface area contributed by atoms with Crippen molar-refractivity contribution in [2.75, 3.05) is 13.7 Å². The maximum Gasteiger partial charge on any atom is 0.336 e. The number of aryl methyl sites for hydroxylation is 1. The van der Waals surface area contributed by atoms with E-state index in [9.17, 15) is 9.90 Å². The van der Waals surface area contributed by atoms with Gasteiger partial charge < -0.3 is 20.6 Å². The molecule has 0 unspecified atom stereocenters. The second-order valence-electron chi connectivity index (χ2n) is 6.22. The number of carbonyl (C=O) groups is 1. The predicted molar refractivity (Wildman–Crippen MR) is 109 cm³/mol. The van der Waals surface area contributed by atoms with Gasteiger partial charge in [0.25, 0.3) is 0 Å². The van der Waals surface area contributed by atoms with Crippen LogP contribution in [0.3, 0.4) is 0 Å². The molecular formula is C20H20Cl2N2O3. The Kier molecular flexibility index (Phi) is 5.95. The summed E-state index contributed by atoms with van der Waals surface area (Å²) >= 11 is 12.6. The predicted octanol–water partition coefficient (Wildman–Crippen LogP) is 5.13. The molecule has 0 bridgehead atoms. The van der Waals surface area contributed by atoms with Crippen molar-refractivity contribution in [1.82, 2.24) is 4.98 Å². The number of methoxy groups -OCH3 is 1. The van der Waals surface area contributed by atoms with Gasteiger partial charge in [0.15, 0.2) is 0 Å². The zero-order valence-electron chi connectivity index (χ0n) is 14.8. The summed E-state index contributed by atoms with van der Waals surface area (Å²) in [6.07, 6.45) is 2.31. The molecule has 5 nitrogen and oxygen atoms in total. The van der Waals surface area contributed by atoms with E-state index < -0.39 is 5.97 Å². The fourth-order valence-electron chi connectivity index (χ4n) is 3.32.